The summed E-state index contributed by atoms with van der Waals surface area (Å²) in [6, 6.07) is 7.63. The lowest BCUT2D eigenvalue weighted by atomic mass is 10.0. The van der Waals surface area contributed by atoms with Crippen LogP contribution >= 0.6 is 0 Å². The minimum Gasteiger partial charge on any atom is -0.340 e. The van der Waals surface area contributed by atoms with E-state index in [0.29, 0.717) is 19.5 Å². The maximum Gasteiger partial charge on any atom is 0.241 e. The Kier molecular flexibility index (Phi) is 5.81. The Morgan fingerprint density at radius 3 is 2.39 bits per heavy atom. The molecule has 1 aromatic carbocycles. The van der Waals surface area contributed by atoms with Gasteiger partial charge in [-0.05, 0) is 30.4 Å². The van der Waals surface area contributed by atoms with E-state index in [1.165, 1.54) is 16.1 Å². The first-order valence-electron chi connectivity index (χ1n) is 8.12. The number of amides is 1. The van der Waals surface area contributed by atoms with E-state index in [1.54, 1.807) is 11.9 Å². The molecule has 1 fully saturated rings. The van der Waals surface area contributed by atoms with Crippen LogP contribution in [0.5, 0.6) is 0 Å². The fourth-order valence-electron chi connectivity index (χ4n) is 3.04. The molecule has 0 bridgehead atoms. The Balaban J connectivity index is 2.07. The Morgan fingerprint density at radius 1 is 1.22 bits per heavy atom. The summed E-state index contributed by atoms with van der Waals surface area (Å²) < 4.78 is 25.2. The van der Waals surface area contributed by atoms with Gasteiger partial charge in [0.2, 0.25) is 15.9 Å². The van der Waals surface area contributed by atoms with Gasteiger partial charge < -0.3 is 4.90 Å². The molecule has 5 nitrogen and oxygen atoms in total. The molecule has 0 aromatic heterocycles. The molecule has 1 atom stereocenters. The van der Waals surface area contributed by atoms with E-state index in [2.05, 4.69) is 19.1 Å². The van der Waals surface area contributed by atoms with E-state index in [-0.39, 0.29) is 5.91 Å². The summed E-state index contributed by atoms with van der Waals surface area (Å²) in [5.74, 6) is -0.116. The molecule has 0 N–H and O–H groups in total. The molecule has 1 amide bonds. The van der Waals surface area contributed by atoms with E-state index in [1.807, 2.05) is 12.1 Å². The predicted octanol–water partition coefficient (Wildman–Crippen LogP) is 2.02. The maximum absolute atomic E-state index is 12.7. The zero-order valence-corrected chi connectivity index (χ0v) is 15.0. The molecular weight excluding hydrogens is 312 g/mol. The van der Waals surface area contributed by atoms with Crippen LogP contribution in [0.1, 0.15) is 37.3 Å². The first-order valence-corrected chi connectivity index (χ1v) is 9.97. The highest BCUT2D eigenvalue weighted by Gasteiger charge is 2.35. The lowest BCUT2D eigenvalue weighted by Crippen LogP contribution is -2.51. The first-order chi connectivity index (χ1) is 10.8. The fraction of sp³-hybridized carbons (Fsp3) is 0.588. The number of carbonyl (C=O) groups is 1. The van der Waals surface area contributed by atoms with E-state index >= 15 is 0 Å². The van der Waals surface area contributed by atoms with E-state index < -0.39 is 16.1 Å². The zero-order chi connectivity index (χ0) is 17.0. The Labute approximate surface area is 139 Å². The molecule has 0 spiro atoms. The molecule has 23 heavy (non-hydrogen) atoms. The lowest BCUT2D eigenvalue weighted by molar-refractivity contribution is -0.135. The molecule has 6 heteroatoms. The topological polar surface area (TPSA) is 57.7 Å². The number of hydrogen-bond acceptors (Lipinski definition) is 3. The average Bonchev–Trinajstić information content (AvgIpc) is 2.54. The van der Waals surface area contributed by atoms with Gasteiger partial charge in [-0.25, -0.2) is 8.42 Å². The van der Waals surface area contributed by atoms with Crippen molar-refractivity contribution in [3.8, 4) is 0 Å². The number of nitrogens with zero attached hydrogens (tertiary/aromatic N) is 2. The van der Waals surface area contributed by atoms with Crippen LogP contribution in [0.25, 0.3) is 0 Å². The summed E-state index contributed by atoms with van der Waals surface area (Å²) >= 11 is 0. The quantitative estimate of drug-likeness (QED) is 0.825. The van der Waals surface area contributed by atoms with Gasteiger partial charge in [-0.3, -0.25) is 4.79 Å². The van der Waals surface area contributed by atoms with E-state index in [0.717, 1.165) is 24.8 Å². The van der Waals surface area contributed by atoms with Crippen molar-refractivity contribution in [3.63, 3.8) is 0 Å². The lowest BCUT2D eigenvalue weighted by Gasteiger charge is -2.35. The van der Waals surface area contributed by atoms with Crippen molar-refractivity contribution in [2.24, 2.45) is 0 Å². The van der Waals surface area contributed by atoms with Crippen molar-refractivity contribution in [2.45, 2.75) is 45.2 Å². The van der Waals surface area contributed by atoms with Crippen molar-refractivity contribution >= 4 is 15.9 Å². The van der Waals surface area contributed by atoms with Crippen LogP contribution in [-0.4, -0.2) is 49.4 Å². The predicted molar refractivity (Wildman–Crippen MR) is 91.5 cm³/mol. The van der Waals surface area contributed by atoms with Crippen LogP contribution in [0.3, 0.4) is 0 Å². The number of benzene rings is 1. The third-order valence-corrected chi connectivity index (χ3v) is 5.68. The number of aryl methyl sites for hydroxylation is 1. The molecule has 1 aliphatic rings. The first kappa shape index (κ1) is 17.9. The molecule has 128 valence electrons. The second-order valence-electron chi connectivity index (χ2n) is 6.25. The molecule has 0 radical (unpaired) electrons. The molecule has 1 aliphatic heterocycles. The highest BCUT2D eigenvalue weighted by Crippen LogP contribution is 2.22. The van der Waals surface area contributed by atoms with Crippen LogP contribution in [0.2, 0.25) is 0 Å². The Bertz CT molecular complexity index is 640. The number of sulfonamides is 1. The van der Waals surface area contributed by atoms with Gasteiger partial charge in [-0.15, -0.1) is 0 Å². The normalized spacial score (nSPS) is 19.5. The van der Waals surface area contributed by atoms with Gasteiger partial charge in [-0.1, -0.05) is 37.6 Å². The van der Waals surface area contributed by atoms with Gasteiger partial charge in [0.05, 0.1) is 6.26 Å². The van der Waals surface area contributed by atoms with Crippen molar-refractivity contribution in [2.75, 3.05) is 19.8 Å². The van der Waals surface area contributed by atoms with Crippen molar-refractivity contribution < 1.29 is 13.2 Å². The third-order valence-electron chi connectivity index (χ3n) is 4.39. The summed E-state index contributed by atoms with van der Waals surface area (Å²) in [5, 5.41) is 0. The van der Waals surface area contributed by atoms with Crippen LogP contribution < -0.4 is 0 Å². The molecule has 1 aromatic rings. The third kappa shape index (κ3) is 4.54. The van der Waals surface area contributed by atoms with Gasteiger partial charge >= 0.3 is 0 Å². The smallest absolute Gasteiger partial charge is 0.241 e. The van der Waals surface area contributed by atoms with Gasteiger partial charge in [0.15, 0.2) is 0 Å². The summed E-state index contributed by atoms with van der Waals surface area (Å²) in [7, 11) is -1.61. The monoisotopic (exact) mass is 338 g/mol. The number of rotatable bonds is 5. The Morgan fingerprint density at radius 2 is 1.83 bits per heavy atom. The molecule has 0 aliphatic carbocycles. The number of likely N-dealkylation sites (N-methyl/N-ethyl adjacent to an activating group) is 1. The number of hydrogen-bond donors (Lipinski definition) is 0. The van der Waals surface area contributed by atoms with Crippen LogP contribution in [-0.2, 0) is 27.8 Å². The maximum atomic E-state index is 12.7. The van der Waals surface area contributed by atoms with Crippen LogP contribution in [0, 0.1) is 0 Å². The van der Waals surface area contributed by atoms with Crippen LogP contribution in [0.4, 0.5) is 0 Å². The van der Waals surface area contributed by atoms with Crippen molar-refractivity contribution in [3.05, 3.63) is 35.4 Å². The molecule has 1 saturated heterocycles. The van der Waals surface area contributed by atoms with Gasteiger partial charge in [0.1, 0.15) is 6.04 Å². The van der Waals surface area contributed by atoms with Gasteiger partial charge in [0, 0.05) is 20.1 Å². The summed E-state index contributed by atoms with van der Waals surface area (Å²) in [5.41, 5.74) is 2.32. The van der Waals surface area contributed by atoms with Crippen molar-refractivity contribution in [1.29, 1.82) is 0 Å². The van der Waals surface area contributed by atoms with Gasteiger partial charge in [0.25, 0.3) is 0 Å². The fourth-order valence-corrected chi connectivity index (χ4v) is 4.15. The standard InChI is InChI=1S/C17H26N2O3S/c1-4-14-8-10-15(11-9-14)13-18(2)17(20)16-7-5-6-12-19(16)23(3,21)22/h8-11,16H,4-7,12-13H2,1-3H3. The minimum absolute atomic E-state index is 0.116. The second-order valence-corrected chi connectivity index (χ2v) is 8.18. The average molecular weight is 338 g/mol. The zero-order valence-electron chi connectivity index (χ0n) is 14.2. The number of carbonyl (C=O) groups excluding carboxylic acids is 1. The molecule has 0 saturated carbocycles. The van der Waals surface area contributed by atoms with Crippen molar-refractivity contribution in [1.82, 2.24) is 9.21 Å². The Hall–Kier alpha value is -1.40. The number of piperidine rings is 1. The molecule has 1 heterocycles. The summed E-state index contributed by atoms with van der Waals surface area (Å²) in [6.45, 7) is 3.04. The minimum atomic E-state index is -3.35. The van der Waals surface area contributed by atoms with Crippen LogP contribution in [0.15, 0.2) is 24.3 Å². The molecule has 2 rings (SSSR count). The summed E-state index contributed by atoms with van der Waals surface area (Å²) in [4.78, 5) is 14.3. The molecule has 1 unspecified atom stereocenters. The largest absolute Gasteiger partial charge is 0.340 e. The SMILES string of the molecule is CCc1ccc(CN(C)C(=O)C2CCCCN2S(C)(=O)=O)cc1. The highest BCUT2D eigenvalue weighted by atomic mass is 32.2. The van der Waals surface area contributed by atoms with Gasteiger partial charge in [-0.2, -0.15) is 4.31 Å². The summed E-state index contributed by atoms with van der Waals surface area (Å²) in [6.07, 6.45) is 4.48. The highest BCUT2D eigenvalue weighted by molar-refractivity contribution is 7.88. The molecular formula is C17H26N2O3S. The van der Waals surface area contributed by atoms with E-state index in [4.69, 9.17) is 0 Å². The second kappa shape index (κ2) is 7.45. The van der Waals surface area contributed by atoms with E-state index in [9.17, 15) is 13.2 Å².